The topological polar surface area (TPSA) is 8.17 Å². The van der Waals surface area contributed by atoms with Crippen molar-refractivity contribution in [1.29, 1.82) is 0 Å². The molecule has 0 bridgehead atoms. The van der Waals surface area contributed by atoms with E-state index in [4.69, 9.17) is 0 Å². The Labute approximate surface area is 358 Å². The predicted octanol–water partition coefficient (Wildman–Crippen LogP) is 16.8. The highest BCUT2D eigenvalue weighted by atomic mass is 32.1. The van der Waals surface area contributed by atoms with E-state index in [1.165, 1.54) is 80.6 Å². The van der Waals surface area contributed by atoms with E-state index in [0.717, 1.165) is 28.3 Å². The summed E-state index contributed by atoms with van der Waals surface area (Å²) in [6.45, 7) is 0. The van der Waals surface area contributed by atoms with Crippen molar-refractivity contribution in [2.24, 2.45) is 0 Å². The van der Waals surface area contributed by atoms with Crippen molar-refractivity contribution in [1.82, 2.24) is 4.57 Å². The molecule has 10 aromatic carbocycles. The van der Waals surface area contributed by atoms with Crippen molar-refractivity contribution in [3.8, 4) is 39.1 Å². The van der Waals surface area contributed by atoms with Gasteiger partial charge in [0.1, 0.15) is 0 Å². The molecule has 0 N–H and O–H groups in total. The van der Waals surface area contributed by atoms with Crippen molar-refractivity contribution in [3.63, 3.8) is 0 Å². The second-order valence-corrected chi connectivity index (χ2v) is 16.8. The van der Waals surface area contributed by atoms with E-state index in [2.05, 4.69) is 240 Å². The van der Waals surface area contributed by atoms with Crippen molar-refractivity contribution in [2.75, 3.05) is 4.90 Å². The molecule has 0 amide bonds. The minimum atomic E-state index is 1.09. The highest BCUT2D eigenvalue weighted by Crippen LogP contribution is 2.45. The summed E-state index contributed by atoms with van der Waals surface area (Å²) in [6, 6.07) is 84.3. The number of aromatic nitrogens is 1. The van der Waals surface area contributed by atoms with Crippen LogP contribution in [0.25, 0.3) is 91.8 Å². The fourth-order valence-corrected chi connectivity index (χ4v) is 10.4. The molecule has 2 heterocycles. The molecule has 0 saturated heterocycles. The van der Waals surface area contributed by atoms with Crippen LogP contribution in [0.2, 0.25) is 0 Å². The van der Waals surface area contributed by atoms with Gasteiger partial charge in [0.25, 0.3) is 0 Å². The predicted molar refractivity (Wildman–Crippen MR) is 262 cm³/mol. The lowest BCUT2D eigenvalue weighted by molar-refractivity contribution is 1.18. The molecule has 2 nitrogen and oxygen atoms in total. The van der Waals surface area contributed by atoms with Crippen molar-refractivity contribution in [3.05, 3.63) is 231 Å². The summed E-state index contributed by atoms with van der Waals surface area (Å²) in [7, 11) is 0. The van der Waals surface area contributed by atoms with Crippen LogP contribution in [-0.2, 0) is 0 Å². The summed E-state index contributed by atoms with van der Waals surface area (Å²) >= 11 is 1.86. The SMILES string of the molecule is c1cc(-c2ccc3ccccc3c2)cc(N(c2ccc(-c3ccccc3-n3c4ccccc4c4ccccc43)cc2)c2ccccc2-c2ccc3sc4ccccc4c3c2)c1. The van der Waals surface area contributed by atoms with Gasteiger partial charge in [-0.3, -0.25) is 0 Å². The highest BCUT2D eigenvalue weighted by Gasteiger charge is 2.20. The van der Waals surface area contributed by atoms with E-state index < -0.39 is 0 Å². The molecule has 0 aliphatic heterocycles. The van der Waals surface area contributed by atoms with Crippen LogP contribution in [0.4, 0.5) is 17.1 Å². The van der Waals surface area contributed by atoms with Gasteiger partial charge in [-0.25, -0.2) is 0 Å². The first-order valence-corrected chi connectivity index (χ1v) is 21.6. The first kappa shape index (κ1) is 35.2. The number of benzene rings is 10. The zero-order chi connectivity index (χ0) is 40.3. The van der Waals surface area contributed by atoms with Crippen molar-refractivity contribution >= 4 is 81.1 Å². The van der Waals surface area contributed by atoms with Crippen molar-refractivity contribution in [2.45, 2.75) is 0 Å². The summed E-state index contributed by atoms with van der Waals surface area (Å²) in [6.07, 6.45) is 0. The molecule has 3 heteroatoms. The average Bonchev–Trinajstić information content (AvgIpc) is 3.87. The summed E-state index contributed by atoms with van der Waals surface area (Å²) in [5, 5.41) is 7.60. The summed E-state index contributed by atoms with van der Waals surface area (Å²) < 4.78 is 5.04. The number of para-hydroxylation sites is 4. The lowest BCUT2D eigenvalue weighted by Gasteiger charge is -2.28. The molecular weight excluding hydrogens is 757 g/mol. The average molecular weight is 795 g/mol. The third kappa shape index (κ3) is 6.01. The Balaban J connectivity index is 1.02. The van der Waals surface area contributed by atoms with E-state index in [-0.39, 0.29) is 0 Å². The van der Waals surface area contributed by atoms with Crippen LogP contribution in [0.3, 0.4) is 0 Å². The van der Waals surface area contributed by atoms with Crippen LogP contribution in [0.15, 0.2) is 231 Å². The number of nitrogens with zero attached hydrogens (tertiary/aromatic N) is 2. The van der Waals surface area contributed by atoms with Crippen LogP contribution in [-0.4, -0.2) is 4.57 Å². The number of rotatable bonds is 7. The maximum Gasteiger partial charge on any atom is 0.0541 e. The van der Waals surface area contributed by atoms with E-state index in [1.54, 1.807) is 0 Å². The van der Waals surface area contributed by atoms with Crippen LogP contribution in [0.1, 0.15) is 0 Å². The van der Waals surface area contributed by atoms with E-state index in [9.17, 15) is 0 Å². The van der Waals surface area contributed by atoms with Gasteiger partial charge in [0.2, 0.25) is 0 Å². The van der Waals surface area contributed by atoms with E-state index in [0.29, 0.717) is 0 Å². The Kier molecular flexibility index (Phi) is 8.39. The standard InChI is InChI=1S/C58H38N2S/c1-2-15-41-36-43(29-28-39(41)14-1)42-16-13-17-46(37-42)59(53-23-8-4-19-48(53)44-32-35-58-52(38-44)51-22-7-12-27-57(51)61-58)45-33-30-40(31-34-45)47-18-3-9-24-54(47)60-55-25-10-5-20-49(55)50-21-6-11-26-56(50)60/h1-38H. The number of hydrogen-bond acceptors (Lipinski definition) is 2. The minimum Gasteiger partial charge on any atom is -0.310 e. The van der Waals surface area contributed by atoms with Crippen LogP contribution in [0.5, 0.6) is 0 Å². The lowest BCUT2D eigenvalue weighted by atomic mass is 9.98. The Hall–Kier alpha value is -7.72. The second-order valence-electron chi connectivity index (χ2n) is 15.7. The number of fused-ring (bicyclic) bond motifs is 7. The normalized spacial score (nSPS) is 11.6. The lowest BCUT2D eigenvalue weighted by Crippen LogP contribution is -2.11. The number of hydrogen-bond donors (Lipinski definition) is 0. The summed E-state index contributed by atoms with van der Waals surface area (Å²) in [5.41, 5.74) is 14.0. The second kappa shape index (κ2) is 14.5. The quantitative estimate of drug-likeness (QED) is 0.156. The monoisotopic (exact) mass is 794 g/mol. The molecule has 12 aromatic rings. The zero-order valence-electron chi connectivity index (χ0n) is 33.2. The number of anilines is 3. The van der Waals surface area contributed by atoms with Crippen LogP contribution >= 0.6 is 11.3 Å². The Morgan fingerprint density at radius 3 is 1.75 bits per heavy atom. The van der Waals surface area contributed by atoms with E-state index >= 15 is 0 Å². The van der Waals surface area contributed by atoms with Crippen molar-refractivity contribution < 1.29 is 0 Å². The molecule has 12 rings (SSSR count). The molecule has 286 valence electrons. The number of thiophene rings is 1. The Morgan fingerprint density at radius 1 is 0.328 bits per heavy atom. The first-order valence-electron chi connectivity index (χ1n) is 20.8. The third-order valence-corrected chi connectivity index (χ3v) is 13.3. The molecule has 2 aromatic heterocycles. The molecular formula is C58H38N2S. The van der Waals surface area contributed by atoms with E-state index in [1.807, 2.05) is 11.3 Å². The van der Waals surface area contributed by atoms with Crippen LogP contribution < -0.4 is 4.90 Å². The molecule has 0 aliphatic rings. The Bertz CT molecular complexity index is 3560. The maximum absolute atomic E-state index is 2.43. The van der Waals surface area contributed by atoms with Crippen LogP contribution in [0, 0.1) is 0 Å². The summed E-state index contributed by atoms with van der Waals surface area (Å²) in [5.74, 6) is 0. The minimum absolute atomic E-state index is 1.09. The van der Waals surface area contributed by atoms with Gasteiger partial charge in [-0.2, -0.15) is 0 Å². The molecule has 0 aliphatic carbocycles. The highest BCUT2D eigenvalue weighted by molar-refractivity contribution is 7.25. The molecule has 0 unspecified atom stereocenters. The van der Waals surface area contributed by atoms with Gasteiger partial charge in [-0.1, -0.05) is 158 Å². The van der Waals surface area contributed by atoms with Gasteiger partial charge >= 0.3 is 0 Å². The van der Waals surface area contributed by atoms with Gasteiger partial charge in [0, 0.05) is 53.4 Å². The fraction of sp³-hybridized carbons (Fsp3) is 0. The molecule has 0 radical (unpaired) electrons. The largest absolute Gasteiger partial charge is 0.310 e. The zero-order valence-corrected chi connectivity index (χ0v) is 34.1. The maximum atomic E-state index is 2.43. The molecule has 0 spiro atoms. The van der Waals surface area contributed by atoms with Gasteiger partial charge < -0.3 is 9.47 Å². The van der Waals surface area contributed by atoms with Gasteiger partial charge in [-0.05, 0) is 106 Å². The smallest absolute Gasteiger partial charge is 0.0541 e. The molecule has 61 heavy (non-hydrogen) atoms. The van der Waals surface area contributed by atoms with Gasteiger partial charge in [-0.15, -0.1) is 11.3 Å². The fourth-order valence-electron chi connectivity index (χ4n) is 9.31. The molecule has 0 atom stereocenters. The molecule has 0 fully saturated rings. The third-order valence-electron chi connectivity index (χ3n) is 12.2. The first-order chi connectivity index (χ1) is 30.2. The van der Waals surface area contributed by atoms with Gasteiger partial charge in [0.05, 0.1) is 22.4 Å². The summed E-state index contributed by atoms with van der Waals surface area (Å²) in [4.78, 5) is 2.43. The Morgan fingerprint density at radius 2 is 0.934 bits per heavy atom. The van der Waals surface area contributed by atoms with Gasteiger partial charge in [0.15, 0.2) is 0 Å². The molecule has 0 saturated carbocycles.